The van der Waals surface area contributed by atoms with Crippen LogP contribution in [0.4, 0.5) is 0 Å². The largest absolute Gasteiger partial charge is 0.481 e. The first-order valence-electron chi connectivity index (χ1n) is 7.54. The van der Waals surface area contributed by atoms with Crippen LogP contribution in [0.3, 0.4) is 0 Å². The molecule has 2 aromatic rings. The van der Waals surface area contributed by atoms with Crippen LogP contribution in [-0.2, 0) is 16.1 Å². The summed E-state index contributed by atoms with van der Waals surface area (Å²) in [6.45, 7) is 0.633. The molecule has 2 heterocycles. The van der Waals surface area contributed by atoms with E-state index < -0.39 is 22.8 Å². The van der Waals surface area contributed by atoms with Gasteiger partial charge in [0.2, 0.25) is 0 Å². The Morgan fingerprint density at radius 3 is 2.33 bits per heavy atom. The van der Waals surface area contributed by atoms with Crippen LogP contribution in [0, 0.1) is 10.8 Å². The van der Waals surface area contributed by atoms with Gasteiger partial charge in [0.25, 0.3) is 5.89 Å². The highest BCUT2D eigenvalue weighted by Gasteiger charge is 2.80. The molecular weight excluding hydrogens is 314 g/mol. The van der Waals surface area contributed by atoms with Crippen molar-refractivity contribution in [3.63, 3.8) is 0 Å². The van der Waals surface area contributed by atoms with Crippen LogP contribution in [0.15, 0.2) is 34.9 Å². The van der Waals surface area contributed by atoms with E-state index in [4.69, 9.17) is 4.52 Å². The number of carboxylic acid groups (broad SMARTS) is 2. The average molecular weight is 329 g/mol. The van der Waals surface area contributed by atoms with Gasteiger partial charge in [-0.25, -0.2) is 0 Å². The highest BCUT2D eigenvalue weighted by Crippen LogP contribution is 2.68. The van der Waals surface area contributed by atoms with Crippen LogP contribution in [0.5, 0.6) is 0 Å². The van der Waals surface area contributed by atoms with Crippen molar-refractivity contribution in [2.75, 3.05) is 13.1 Å². The summed E-state index contributed by atoms with van der Waals surface area (Å²) >= 11 is 0. The molecule has 0 unspecified atom stereocenters. The lowest BCUT2D eigenvalue weighted by atomic mass is 9.97. The van der Waals surface area contributed by atoms with Crippen LogP contribution in [0.2, 0.25) is 0 Å². The summed E-state index contributed by atoms with van der Waals surface area (Å²) in [5, 5.41) is 22.8. The highest BCUT2D eigenvalue weighted by atomic mass is 16.5. The number of benzene rings is 1. The van der Waals surface area contributed by atoms with Crippen molar-refractivity contribution in [2.45, 2.75) is 13.0 Å². The van der Waals surface area contributed by atoms with Gasteiger partial charge in [-0.1, -0.05) is 23.4 Å². The van der Waals surface area contributed by atoms with E-state index in [0.29, 0.717) is 11.7 Å². The Labute approximate surface area is 136 Å². The van der Waals surface area contributed by atoms with Gasteiger partial charge in [-0.05, 0) is 18.6 Å². The van der Waals surface area contributed by atoms with E-state index in [1.165, 1.54) is 0 Å². The van der Waals surface area contributed by atoms with Crippen LogP contribution < -0.4 is 0 Å². The normalized spacial score (nSPS) is 28.5. The molecule has 1 aliphatic heterocycles. The number of aromatic nitrogens is 2. The van der Waals surface area contributed by atoms with Crippen molar-refractivity contribution in [1.82, 2.24) is 15.0 Å². The first kappa shape index (κ1) is 14.8. The molecule has 2 fully saturated rings. The number of carboxylic acids is 2. The van der Waals surface area contributed by atoms with E-state index in [9.17, 15) is 19.8 Å². The fraction of sp³-hybridized carbons (Fsp3) is 0.375. The van der Waals surface area contributed by atoms with Gasteiger partial charge in [0.1, 0.15) is 0 Å². The number of aliphatic carboxylic acids is 2. The van der Waals surface area contributed by atoms with Gasteiger partial charge in [-0.15, -0.1) is 0 Å². The van der Waals surface area contributed by atoms with Crippen molar-refractivity contribution in [3.8, 4) is 11.5 Å². The van der Waals surface area contributed by atoms with Gasteiger partial charge in [0.15, 0.2) is 5.82 Å². The number of fused-ring (bicyclic) bond motifs is 1. The lowest BCUT2D eigenvalue weighted by molar-refractivity contribution is -0.151. The minimum atomic E-state index is -1.19. The molecule has 0 amide bonds. The summed E-state index contributed by atoms with van der Waals surface area (Å²) in [5.74, 6) is -1.30. The second kappa shape index (κ2) is 4.88. The maximum atomic E-state index is 11.5. The van der Waals surface area contributed by atoms with Crippen molar-refractivity contribution in [1.29, 1.82) is 0 Å². The highest BCUT2D eigenvalue weighted by molar-refractivity contribution is 5.94. The van der Waals surface area contributed by atoms with Gasteiger partial charge in [-0.3, -0.25) is 14.5 Å². The van der Waals surface area contributed by atoms with Gasteiger partial charge in [0, 0.05) is 18.7 Å². The Balaban J connectivity index is 1.51. The fourth-order valence-electron chi connectivity index (χ4n) is 3.73. The monoisotopic (exact) mass is 329 g/mol. The molecule has 1 aromatic heterocycles. The lowest BCUT2D eigenvalue weighted by Crippen LogP contribution is -2.28. The summed E-state index contributed by atoms with van der Waals surface area (Å²) < 4.78 is 5.22. The van der Waals surface area contributed by atoms with Gasteiger partial charge < -0.3 is 14.7 Å². The Morgan fingerprint density at radius 1 is 1.12 bits per heavy atom. The smallest absolute Gasteiger partial charge is 0.312 e. The minimum Gasteiger partial charge on any atom is -0.481 e. The summed E-state index contributed by atoms with van der Waals surface area (Å²) in [5.41, 5.74) is -1.58. The van der Waals surface area contributed by atoms with E-state index in [1.54, 1.807) is 4.90 Å². The topological polar surface area (TPSA) is 117 Å². The summed E-state index contributed by atoms with van der Waals surface area (Å²) in [6, 6.07) is 9.30. The molecule has 8 nitrogen and oxygen atoms in total. The molecule has 1 aliphatic carbocycles. The molecule has 1 saturated carbocycles. The Hall–Kier alpha value is -2.74. The zero-order valence-corrected chi connectivity index (χ0v) is 12.7. The van der Waals surface area contributed by atoms with Crippen LogP contribution in [-0.4, -0.2) is 50.3 Å². The standard InChI is InChI=1S/C16H15N3O5/c20-13(21)15-7-16(15,14(22)23)9-19(8-15)6-11-17-12(24-18-11)10-4-2-1-3-5-10/h1-5H,6-9H2,(H,20,21)(H,22,23)/t15-,16+. The molecule has 1 saturated heterocycles. The molecule has 0 radical (unpaired) electrons. The first-order chi connectivity index (χ1) is 11.5. The number of likely N-dealkylation sites (tertiary alicyclic amines) is 1. The van der Waals surface area contributed by atoms with E-state index >= 15 is 0 Å². The fourth-order valence-corrected chi connectivity index (χ4v) is 3.73. The van der Waals surface area contributed by atoms with Crippen molar-refractivity contribution < 1.29 is 24.3 Å². The van der Waals surface area contributed by atoms with E-state index in [2.05, 4.69) is 10.1 Å². The first-order valence-corrected chi connectivity index (χ1v) is 7.54. The number of hydrogen-bond acceptors (Lipinski definition) is 6. The van der Waals surface area contributed by atoms with Crippen LogP contribution in [0.25, 0.3) is 11.5 Å². The van der Waals surface area contributed by atoms with E-state index in [-0.39, 0.29) is 26.1 Å². The Bertz CT molecular complexity index is 792. The molecule has 8 heteroatoms. The van der Waals surface area contributed by atoms with Gasteiger partial charge >= 0.3 is 11.9 Å². The number of carbonyl (C=O) groups is 2. The average Bonchev–Trinajstić information content (AvgIpc) is 2.89. The molecule has 1 aromatic carbocycles. The van der Waals surface area contributed by atoms with E-state index in [0.717, 1.165) is 5.56 Å². The Kier molecular flexibility index (Phi) is 3.01. The third kappa shape index (κ3) is 1.96. The van der Waals surface area contributed by atoms with Crippen LogP contribution in [0.1, 0.15) is 12.2 Å². The summed E-state index contributed by atoms with van der Waals surface area (Å²) in [7, 11) is 0. The summed E-state index contributed by atoms with van der Waals surface area (Å²) in [4.78, 5) is 29.1. The third-order valence-corrected chi connectivity index (χ3v) is 5.05. The van der Waals surface area contributed by atoms with Crippen molar-refractivity contribution >= 4 is 11.9 Å². The van der Waals surface area contributed by atoms with Crippen molar-refractivity contribution in [3.05, 3.63) is 36.2 Å². The maximum absolute atomic E-state index is 11.5. The number of hydrogen-bond donors (Lipinski definition) is 2. The molecule has 2 atom stereocenters. The number of piperidine rings is 1. The molecule has 24 heavy (non-hydrogen) atoms. The third-order valence-electron chi connectivity index (χ3n) is 5.05. The summed E-state index contributed by atoms with van der Waals surface area (Å²) in [6.07, 6.45) is 0.183. The molecule has 124 valence electrons. The molecule has 2 aliphatic rings. The zero-order valence-electron chi connectivity index (χ0n) is 12.7. The van der Waals surface area contributed by atoms with E-state index in [1.807, 2.05) is 30.3 Å². The molecule has 0 spiro atoms. The molecule has 2 N–H and O–H groups in total. The predicted octanol–water partition coefficient (Wildman–Crippen LogP) is 1.10. The predicted molar refractivity (Wildman–Crippen MR) is 79.8 cm³/mol. The second-order valence-corrected chi connectivity index (χ2v) is 6.48. The maximum Gasteiger partial charge on any atom is 0.312 e. The van der Waals surface area contributed by atoms with Crippen molar-refractivity contribution in [2.24, 2.45) is 10.8 Å². The van der Waals surface area contributed by atoms with Crippen LogP contribution >= 0.6 is 0 Å². The molecular formula is C16H15N3O5. The number of nitrogens with zero attached hydrogens (tertiary/aromatic N) is 3. The minimum absolute atomic E-state index is 0.183. The molecule has 0 bridgehead atoms. The molecule has 4 rings (SSSR count). The van der Waals surface area contributed by atoms with Gasteiger partial charge in [-0.2, -0.15) is 4.98 Å². The number of rotatable bonds is 5. The Morgan fingerprint density at radius 2 is 1.75 bits per heavy atom. The van der Waals surface area contributed by atoms with Gasteiger partial charge in [0.05, 0.1) is 17.4 Å². The zero-order chi connectivity index (χ0) is 16.9. The quantitative estimate of drug-likeness (QED) is 0.837. The lowest BCUT2D eigenvalue weighted by Gasteiger charge is -2.17. The second-order valence-electron chi connectivity index (χ2n) is 6.48. The SMILES string of the molecule is O=C(O)[C@@]12CN(Cc3noc(-c4ccccc4)n3)C[C@]1(C(=O)O)C2.